The molecule has 2 N–H and O–H groups in total. The fourth-order valence-electron chi connectivity index (χ4n) is 4.54. The maximum atomic E-state index is 13.2. The highest BCUT2D eigenvalue weighted by Crippen LogP contribution is 2.37. The predicted molar refractivity (Wildman–Crippen MR) is 167 cm³/mol. The molecule has 2 amide bonds. The lowest BCUT2D eigenvalue weighted by molar-refractivity contribution is -0.113. The van der Waals surface area contributed by atoms with E-state index in [0.29, 0.717) is 38.6 Å². The van der Waals surface area contributed by atoms with Gasteiger partial charge in [0.2, 0.25) is 0 Å². The monoisotopic (exact) mass is 595 g/mol. The number of primary amides is 1. The molecule has 0 saturated carbocycles. The molecule has 2 aliphatic heterocycles. The van der Waals surface area contributed by atoms with E-state index in [1.165, 1.54) is 37.7 Å². The molecule has 40 heavy (non-hydrogen) atoms. The summed E-state index contributed by atoms with van der Waals surface area (Å²) < 4.78 is 12.2. The van der Waals surface area contributed by atoms with E-state index in [9.17, 15) is 9.59 Å². The van der Waals surface area contributed by atoms with E-state index in [1.54, 1.807) is 47.4 Å². The maximum absolute atomic E-state index is 13.2. The number of likely N-dealkylation sites (tertiary alicyclic amines) is 1. The second-order valence-electron chi connectivity index (χ2n) is 9.29. The van der Waals surface area contributed by atoms with E-state index in [0.717, 1.165) is 24.3 Å². The molecule has 2 saturated heterocycles. The average Bonchev–Trinajstić information content (AvgIpc) is 3.56. The number of nitrogens with zero attached hydrogens (tertiary/aromatic N) is 2. The smallest absolute Gasteiger partial charge is 0.270 e. The van der Waals surface area contributed by atoms with E-state index in [4.69, 9.17) is 27.4 Å². The van der Waals surface area contributed by atoms with Crippen molar-refractivity contribution in [2.45, 2.75) is 19.3 Å². The number of halogens is 1. The summed E-state index contributed by atoms with van der Waals surface area (Å²) in [7, 11) is 0. The van der Waals surface area contributed by atoms with Crippen LogP contribution in [-0.4, -0.2) is 47.3 Å². The molecule has 3 aromatic carbocycles. The third-order valence-corrected chi connectivity index (χ3v) is 7.84. The molecular formula is C30H30ClN3O4S2. The quantitative estimate of drug-likeness (QED) is 0.168. The minimum Gasteiger partial charge on any atom is -0.494 e. The maximum Gasteiger partial charge on any atom is 0.270 e. The lowest BCUT2D eigenvalue weighted by Gasteiger charge is -2.16. The van der Waals surface area contributed by atoms with Crippen molar-refractivity contribution in [2.24, 2.45) is 5.73 Å². The Bertz CT molecular complexity index is 1390. The number of anilines is 1. The van der Waals surface area contributed by atoms with Gasteiger partial charge in [0.15, 0.2) is 4.32 Å². The molecule has 0 unspecified atom stereocenters. The highest BCUT2D eigenvalue weighted by molar-refractivity contribution is 8.27. The number of thioether (sulfide) groups is 1. The molecule has 0 atom stereocenters. The number of amides is 2. The molecule has 0 bridgehead atoms. The zero-order chi connectivity index (χ0) is 27.2. The zero-order valence-corrected chi connectivity index (χ0v) is 24.2. The SMILES string of the molecule is Cl.NC(=O)c1ccccc1Oc1ccc(C=C2SC(=S)N(c3ccc(OCCCN4CCCC4)cc3)C2=O)cc1. The van der Waals surface area contributed by atoms with Crippen LogP contribution in [-0.2, 0) is 4.79 Å². The van der Waals surface area contributed by atoms with Gasteiger partial charge in [-0.05, 0) is 92.5 Å². The lowest BCUT2D eigenvalue weighted by Crippen LogP contribution is -2.27. The van der Waals surface area contributed by atoms with Crippen molar-refractivity contribution in [1.82, 2.24) is 4.90 Å². The number of ether oxygens (including phenoxy) is 2. The van der Waals surface area contributed by atoms with E-state index < -0.39 is 5.91 Å². The van der Waals surface area contributed by atoms with Crippen LogP contribution < -0.4 is 20.1 Å². The Labute approximate surface area is 249 Å². The summed E-state index contributed by atoms with van der Waals surface area (Å²) >= 11 is 6.79. The summed E-state index contributed by atoms with van der Waals surface area (Å²) in [6.45, 7) is 4.13. The van der Waals surface area contributed by atoms with Gasteiger partial charge in [-0.1, -0.05) is 48.2 Å². The molecule has 7 nitrogen and oxygen atoms in total. The third kappa shape index (κ3) is 7.22. The summed E-state index contributed by atoms with van der Waals surface area (Å²) in [4.78, 5) is 29.4. The standard InChI is InChI=1S/C30H29N3O4S2.ClH/c31-28(34)25-6-1-2-7-26(25)37-24-12-8-21(9-13-24)20-27-29(35)33(30(38)39-27)22-10-14-23(15-11-22)36-19-5-18-32-16-3-4-17-32;/h1-2,6-15,20H,3-5,16-19H2,(H2,31,34);1H. The fourth-order valence-corrected chi connectivity index (χ4v) is 5.83. The normalized spacial score (nSPS) is 16.3. The first kappa shape index (κ1) is 29.6. The second kappa shape index (κ2) is 13.8. The van der Waals surface area contributed by atoms with Gasteiger partial charge in [-0.2, -0.15) is 0 Å². The summed E-state index contributed by atoms with van der Waals surface area (Å²) in [6, 6.07) is 21.5. The Kier molecular flexibility index (Phi) is 10.2. The summed E-state index contributed by atoms with van der Waals surface area (Å²) in [6.07, 6.45) is 5.39. The van der Waals surface area contributed by atoms with Gasteiger partial charge in [-0.15, -0.1) is 12.4 Å². The molecule has 0 radical (unpaired) electrons. The largest absolute Gasteiger partial charge is 0.494 e. The van der Waals surface area contributed by atoms with Gasteiger partial charge in [0.1, 0.15) is 17.2 Å². The molecule has 5 rings (SSSR count). The molecule has 2 heterocycles. The molecule has 208 valence electrons. The second-order valence-corrected chi connectivity index (χ2v) is 11.0. The first-order chi connectivity index (χ1) is 19.0. The minimum absolute atomic E-state index is 0. The Balaban J connectivity index is 0.00000370. The molecular weight excluding hydrogens is 566 g/mol. The molecule has 3 aromatic rings. The molecule has 0 aromatic heterocycles. The van der Waals surface area contributed by atoms with Crippen molar-refractivity contribution >= 4 is 64.3 Å². The summed E-state index contributed by atoms with van der Waals surface area (Å²) in [5.41, 5.74) is 7.27. The van der Waals surface area contributed by atoms with E-state index in [-0.39, 0.29) is 18.3 Å². The highest BCUT2D eigenvalue weighted by atomic mass is 35.5. The topological polar surface area (TPSA) is 85.1 Å². The minimum atomic E-state index is -0.556. The summed E-state index contributed by atoms with van der Waals surface area (Å²) in [5.74, 6) is 0.991. The molecule has 10 heteroatoms. The van der Waals surface area contributed by atoms with Crippen LogP contribution in [0.3, 0.4) is 0 Å². The van der Waals surface area contributed by atoms with Gasteiger partial charge in [0, 0.05) is 6.54 Å². The van der Waals surface area contributed by atoms with Crippen molar-refractivity contribution in [1.29, 1.82) is 0 Å². The van der Waals surface area contributed by atoms with Crippen molar-refractivity contribution in [3.63, 3.8) is 0 Å². The van der Waals surface area contributed by atoms with Gasteiger partial charge < -0.3 is 20.1 Å². The van der Waals surface area contributed by atoms with Crippen molar-refractivity contribution in [3.8, 4) is 17.2 Å². The third-order valence-electron chi connectivity index (χ3n) is 6.53. The Morgan fingerprint density at radius 1 is 0.975 bits per heavy atom. The van der Waals surface area contributed by atoms with Crippen LogP contribution in [0.2, 0.25) is 0 Å². The first-order valence-electron chi connectivity index (χ1n) is 12.9. The molecule has 2 aliphatic rings. The number of nitrogens with two attached hydrogens (primary N) is 1. The summed E-state index contributed by atoms with van der Waals surface area (Å²) in [5, 5.41) is 0. The Morgan fingerprint density at radius 2 is 1.65 bits per heavy atom. The van der Waals surface area contributed by atoms with Crippen molar-refractivity contribution in [2.75, 3.05) is 31.1 Å². The Morgan fingerprint density at radius 3 is 2.35 bits per heavy atom. The fraction of sp³-hybridized carbons (Fsp3) is 0.233. The number of benzene rings is 3. The van der Waals surface area contributed by atoms with E-state index >= 15 is 0 Å². The molecule has 0 aliphatic carbocycles. The van der Waals surface area contributed by atoms with E-state index in [2.05, 4.69) is 4.90 Å². The number of carbonyl (C=O) groups excluding carboxylic acids is 2. The van der Waals surface area contributed by atoms with E-state index in [1.807, 2.05) is 36.4 Å². The van der Waals surface area contributed by atoms with Gasteiger partial charge in [-0.3, -0.25) is 14.5 Å². The highest BCUT2D eigenvalue weighted by Gasteiger charge is 2.33. The lowest BCUT2D eigenvalue weighted by atomic mass is 10.2. The molecule has 0 spiro atoms. The predicted octanol–water partition coefficient (Wildman–Crippen LogP) is 6.27. The van der Waals surface area contributed by atoms with Crippen LogP contribution in [0.4, 0.5) is 5.69 Å². The number of hydrogen-bond acceptors (Lipinski definition) is 7. The average molecular weight is 596 g/mol. The zero-order valence-electron chi connectivity index (χ0n) is 21.8. The van der Waals surface area contributed by atoms with Crippen LogP contribution in [0.5, 0.6) is 17.2 Å². The van der Waals surface area contributed by atoms with Crippen LogP contribution in [0, 0.1) is 0 Å². The number of thiocarbonyl (C=S) groups is 1. The van der Waals surface area contributed by atoms with Gasteiger partial charge >= 0.3 is 0 Å². The van der Waals surface area contributed by atoms with Gasteiger partial charge in [0.05, 0.1) is 22.8 Å². The Hall–Kier alpha value is -3.37. The first-order valence-corrected chi connectivity index (χ1v) is 14.1. The van der Waals surface area contributed by atoms with Crippen LogP contribution in [0.25, 0.3) is 6.08 Å². The van der Waals surface area contributed by atoms with Crippen molar-refractivity contribution in [3.05, 3.63) is 88.8 Å². The van der Waals surface area contributed by atoms with Gasteiger partial charge in [0.25, 0.3) is 11.8 Å². The molecule has 2 fully saturated rings. The van der Waals surface area contributed by atoms with Crippen LogP contribution in [0.1, 0.15) is 35.2 Å². The van der Waals surface area contributed by atoms with Crippen LogP contribution >= 0.6 is 36.4 Å². The van der Waals surface area contributed by atoms with Crippen LogP contribution in [0.15, 0.2) is 77.7 Å². The number of carbonyl (C=O) groups is 2. The number of para-hydroxylation sites is 1. The van der Waals surface area contributed by atoms with Crippen molar-refractivity contribution < 1.29 is 19.1 Å². The number of hydrogen-bond donors (Lipinski definition) is 1. The number of rotatable bonds is 10. The van der Waals surface area contributed by atoms with Gasteiger partial charge in [-0.25, -0.2) is 0 Å².